The molecule has 0 amide bonds. The van der Waals surface area contributed by atoms with Crippen LogP contribution < -0.4 is 11.2 Å². The highest BCUT2D eigenvalue weighted by atomic mass is 32.1. The number of benzene rings is 1. The van der Waals surface area contributed by atoms with Gasteiger partial charge in [0, 0.05) is 19.6 Å². The quantitative estimate of drug-likeness (QED) is 0.590. The molecule has 31 heavy (non-hydrogen) atoms. The summed E-state index contributed by atoms with van der Waals surface area (Å²) in [4.78, 5) is 43.0. The van der Waals surface area contributed by atoms with Crippen molar-refractivity contribution in [2.75, 3.05) is 26.2 Å². The van der Waals surface area contributed by atoms with Crippen LogP contribution in [-0.2, 0) is 16.1 Å². The van der Waals surface area contributed by atoms with Crippen molar-refractivity contribution in [3.63, 3.8) is 0 Å². The zero-order valence-electron chi connectivity index (χ0n) is 17.2. The molecule has 7 nitrogen and oxygen atoms in total. The fourth-order valence-corrected chi connectivity index (χ4v) is 5.04. The molecule has 1 aliphatic heterocycles. The monoisotopic (exact) mass is 445 g/mol. The van der Waals surface area contributed by atoms with Crippen LogP contribution in [0.25, 0.3) is 10.2 Å². The zero-order chi connectivity index (χ0) is 22.0. The van der Waals surface area contributed by atoms with Gasteiger partial charge in [-0.05, 0) is 54.9 Å². The summed E-state index contributed by atoms with van der Waals surface area (Å²) in [5.41, 5.74) is 0.0430. The van der Waals surface area contributed by atoms with Gasteiger partial charge in [0.25, 0.3) is 5.56 Å². The number of aromatic nitrogens is 2. The smallest absolute Gasteiger partial charge is 0.329 e. The average molecular weight is 446 g/mol. The van der Waals surface area contributed by atoms with Crippen LogP contribution in [0.5, 0.6) is 0 Å². The van der Waals surface area contributed by atoms with Crippen LogP contribution in [0.4, 0.5) is 4.39 Å². The predicted octanol–water partition coefficient (Wildman–Crippen LogP) is 2.56. The first kappa shape index (κ1) is 21.5. The number of H-pyrrole nitrogens is 1. The van der Waals surface area contributed by atoms with E-state index in [0.717, 1.165) is 5.56 Å². The lowest BCUT2D eigenvalue weighted by Crippen LogP contribution is -2.46. The molecular weight excluding hydrogens is 421 g/mol. The molecule has 4 rings (SSSR count). The van der Waals surface area contributed by atoms with Crippen LogP contribution in [0, 0.1) is 11.7 Å². The van der Waals surface area contributed by atoms with E-state index in [1.54, 1.807) is 24.4 Å². The van der Waals surface area contributed by atoms with Crippen molar-refractivity contribution in [2.24, 2.45) is 5.92 Å². The Morgan fingerprint density at radius 3 is 2.90 bits per heavy atom. The molecule has 1 unspecified atom stereocenters. The number of piperidine rings is 1. The van der Waals surface area contributed by atoms with Gasteiger partial charge in [-0.15, -0.1) is 11.3 Å². The van der Waals surface area contributed by atoms with Gasteiger partial charge < -0.3 is 9.64 Å². The maximum absolute atomic E-state index is 13.8. The van der Waals surface area contributed by atoms with E-state index in [0.29, 0.717) is 36.3 Å². The Labute approximate surface area is 182 Å². The van der Waals surface area contributed by atoms with Crippen molar-refractivity contribution in [3.8, 4) is 0 Å². The highest BCUT2D eigenvalue weighted by Crippen LogP contribution is 2.34. The van der Waals surface area contributed by atoms with Crippen molar-refractivity contribution < 1.29 is 13.9 Å². The number of ether oxygens (including phenoxy) is 1. The topological polar surface area (TPSA) is 84.4 Å². The predicted molar refractivity (Wildman–Crippen MR) is 117 cm³/mol. The number of halogens is 1. The number of aromatic amines is 1. The summed E-state index contributed by atoms with van der Waals surface area (Å²) in [5, 5.41) is 2.27. The molecule has 0 aliphatic carbocycles. The number of hydrogen-bond acceptors (Lipinski definition) is 6. The zero-order valence-corrected chi connectivity index (χ0v) is 18.0. The van der Waals surface area contributed by atoms with E-state index < -0.39 is 11.6 Å². The Morgan fingerprint density at radius 2 is 2.13 bits per heavy atom. The molecule has 0 saturated carbocycles. The molecule has 1 saturated heterocycles. The van der Waals surface area contributed by atoms with E-state index in [4.69, 9.17) is 4.74 Å². The number of likely N-dealkylation sites (tertiary alicyclic amines) is 1. The van der Waals surface area contributed by atoms with Crippen LogP contribution >= 0.6 is 11.3 Å². The maximum atomic E-state index is 13.8. The van der Waals surface area contributed by atoms with Gasteiger partial charge in [-0.25, -0.2) is 9.18 Å². The number of nitrogens with zero attached hydrogens (tertiary/aromatic N) is 2. The molecule has 0 spiro atoms. The molecule has 0 bridgehead atoms. The van der Waals surface area contributed by atoms with Gasteiger partial charge in [-0.3, -0.25) is 19.1 Å². The van der Waals surface area contributed by atoms with E-state index in [9.17, 15) is 18.8 Å². The summed E-state index contributed by atoms with van der Waals surface area (Å²) >= 11 is 1.32. The molecule has 3 heterocycles. The average Bonchev–Trinajstić information content (AvgIpc) is 3.22. The van der Waals surface area contributed by atoms with Crippen molar-refractivity contribution in [1.29, 1.82) is 0 Å². The molecule has 1 fully saturated rings. The van der Waals surface area contributed by atoms with Crippen LogP contribution in [0.1, 0.15) is 24.8 Å². The van der Waals surface area contributed by atoms with Crippen molar-refractivity contribution in [2.45, 2.75) is 25.8 Å². The van der Waals surface area contributed by atoms with Crippen molar-refractivity contribution in [3.05, 3.63) is 67.9 Å². The van der Waals surface area contributed by atoms with Crippen LogP contribution in [-0.4, -0.2) is 46.7 Å². The standard InChI is InChI=1S/C22H24FN3O4S/c1-2-30-21(28)18-13-25(8-6-16(18)14-4-3-5-15(23)12-14)9-10-26-20(27)17-7-11-31-19(17)24-22(26)29/h3-5,7,11-12,16,18H,2,6,8-10,13H2,1H3,(H,24,29)/t16-,18?/m1/s1. The Bertz CT molecular complexity index is 1200. The molecule has 2 aromatic heterocycles. The summed E-state index contributed by atoms with van der Waals surface area (Å²) in [6, 6.07) is 8.05. The highest BCUT2D eigenvalue weighted by Gasteiger charge is 2.36. The summed E-state index contributed by atoms with van der Waals surface area (Å²) in [6.07, 6.45) is 0.655. The van der Waals surface area contributed by atoms with Gasteiger partial charge in [0.2, 0.25) is 0 Å². The van der Waals surface area contributed by atoms with E-state index >= 15 is 0 Å². The SMILES string of the molecule is CCOC(=O)C1CN(CCn2c(=O)[nH]c3sccc3c2=O)CC[C@@H]1c1cccc(F)c1. The first-order valence-electron chi connectivity index (χ1n) is 10.3. The van der Waals surface area contributed by atoms with Crippen molar-refractivity contribution >= 4 is 27.5 Å². The Kier molecular flexibility index (Phi) is 6.33. The Hall–Kier alpha value is -2.78. The second-order valence-electron chi connectivity index (χ2n) is 7.66. The fourth-order valence-electron chi connectivity index (χ4n) is 4.27. The largest absolute Gasteiger partial charge is 0.466 e. The van der Waals surface area contributed by atoms with Crippen LogP contribution in [0.15, 0.2) is 45.3 Å². The third-order valence-corrected chi connectivity index (χ3v) is 6.64. The normalized spacial score (nSPS) is 19.5. The molecule has 0 radical (unpaired) electrons. The lowest BCUT2D eigenvalue weighted by atomic mass is 9.80. The highest BCUT2D eigenvalue weighted by molar-refractivity contribution is 7.16. The second kappa shape index (κ2) is 9.15. The number of thiophene rings is 1. The van der Waals surface area contributed by atoms with E-state index in [2.05, 4.69) is 9.88 Å². The van der Waals surface area contributed by atoms with E-state index in [1.165, 1.54) is 28.0 Å². The minimum absolute atomic E-state index is 0.140. The number of rotatable bonds is 6. The molecule has 164 valence electrons. The second-order valence-corrected chi connectivity index (χ2v) is 8.58. The lowest BCUT2D eigenvalue weighted by molar-refractivity contribution is -0.150. The molecule has 1 aromatic carbocycles. The van der Waals surface area contributed by atoms with E-state index in [1.807, 2.05) is 6.07 Å². The maximum Gasteiger partial charge on any atom is 0.329 e. The molecule has 2 atom stereocenters. The third kappa shape index (κ3) is 4.47. The van der Waals surface area contributed by atoms with Gasteiger partial charge in [-0.2, -0.15) is 0 Å². The summed E-state index contributed by atoms with van der Waals surface area (Å²) in [7, 11) is 0. The number of esters is 1. The van der Waals surface area contributed by atoms with Crippen molar-refractivity contribution in [1.82, 2.24) is 14.5 Å². The number of carbonyl (C=O) groups is 1. The minimum atomic E-state index is -0.440. The summed E-state index contributed by atoms with van der Waals surface area (Å²) < 4.78 is 20.2. The Balaban J connectivity index is 1.51. The lowest BCUT2D eigenvalue weighted by Gasteiger charge is -2.37. The molecule has 1 aliphatic rings. The fraction of sp³-hybridized carbons (Fsp3) is 0.409. The summed E-state index contributed by atoms with van der Waals surface area (Å²) in [5.74, 6) is -1.22. The molecule has 3 aromatic rings. The van der Waals surface area contributed by atoms with Gasteiger partial charge in [0.05, 0.1) is 17.9 Å². The first-order chi connectivity index (χ1) is 15.0. The number of hydrogen-bond donors (Lipinski definition) is 1. The number of nitrogens with one attached hydrogen (secondary N) is 1. The number of carbonyl (C=O) groups excluding carboxylic acids is 1. The summed E-state index contributed by atoms with van der Waals surface area (Å²) in [6.45, 7) is 3.80. The Morgan fingerprint density at radius 1 is 1.29 bits per heavy atom. The minimum Gasteiger partial charge on any atom is -0.466 e. The first-order valence-corrected chi connectivity index (χ1v) is 11.2. The molecule has 9 heteroatoms. The number of fused-ring (bicyclic) bond motifs is 1. The molecular formula is C22H24FN3O4S. The van der Waals surface area contributed by atoms with Crippen LogP contribution in [0.2, 0.25) is 0 Å². The van der Waals surface area contributed by atoms with E-state index in [-0.39, 0.29) is 36.4 Å². The van der Waals surface area contributed by atoms with Gasteiger partial charge >= 0.3 is 11.7 Å². The van der Waals surface area contributed by atoms with Gasteiger partial charge in [0.1, 0.15) is 10.6 Å². The van der Waals surface area contributed by atoms with Gasteiger partial charge in [0.15, 0.2) is 0 Å². The van der Waals surface area contributed by atoms with Crippen LogP contribution in [0.3, 0.4) is 0 Å². The third-order valence-electron chi connectivity index (χ3n) is 5.81. The van der Waals surface area contributed by atoms with Gasteiger partial charge in [-0.1, -0.05) is 12.1 Å². The molecule has 1 N–H and O–H groups in total.